The summed E-state index contributed by atoms with van der Waals surface area (Å²) in [6, 6.07) is 0. The fourth-order valence-corrected chi connectivity index (χ4v) is 3.08. The number of fused-ring (bicyclic) bond motifs is 1. The molecule has 7 nitrogen and oxygen atoms in total. The van der Waals surface area contributed by atoms with Gasteiger partial charge in [-0.1, -0.05) is 0 Å². The smallest absolute Gasteiger partial charge is 0.409 e. The number of carbonyl (C=O) groups excluding carboxylic acids is 2. The van der Waals surface area contributed by atoms with Crippen molar-refractivity contribution in [3.63, 3.8) is 0 Å². The molecule has 1 N–H and O–H groups in total. The van der Waals surface area contributed by atoms with Gasteiger partial charge < -0.3 is 19.7 Å². The molecule has 0 aliphatic carbocycles. The molecule has 0 bridgehead atoms. The summed E-state index contributed by atoms with van der Waals surface area (Å²) in [6.07, 6.45) is 5.71. The zero-order valence-corrected chi connectivity index (χ0v) is 13.2. The number of nitrogens with one attached hydrogen (secondary N) is 1. The third kappa shape index (κ3) is 3.44. The second-order valence-corrected chi connectivity index (χ2v) is 5.81. The van der Waals surface area contributed by atoms with Gasteiger partial charge in [0.1, 0.15) is 0 Å². The number of nitrogens with zero attached hydrogens (tertiary/aromatic N) is 2. The summed E-state index contributed by atoms with van der Waals surface area (Å²) < 4.78 is 10.3. The summed E-state index contributed by atoms with van der Waals surface area (Å²) in [6.45, 7) is 2.25. The fraction of sp³-hybridized carbons (Fsp3) is 0.562. The number of aromatic nitrogens is 1. The van der Waals surface area contributed by atoms with E-state index in [-0.39, 0.29) is 18.1 Å². The van der Waals surface area contributed by atoms with Crippen molar-refractivity contribution in [3.05, 3.63) is 29.1 Å². The van der Waals surface area contributed by atoms with Crippen LogP contribution >= 0.6 is 0 Å². The Hall–Kier alpha value is -2.15. The first kappa shape index (κ1) is 15.7. The molecule has 3 heterocycles. The van der Waals surface area contributed by atoms with Crippen molar-refractivity contribution in [3.8, 4) is 0 Å². The van der Waals surface area contributed by atoms with Crippen LogP contribution in [0.2, 0.25) is 0 Å². The van der Waals surface area contributed by atoms with Crippen molar-refractivity contribution in [2.24, 2.45) is 0 Å². The van der Waals surface area contributed by atoms with Gasteiger partial charge in [-0.2, -0.15) is 0 Å². The lowest BCUT2D eigenvalue weighted by atomic mass is 9.97. The quantitative estimate of drug-likeness (QED) is 0.903. The topological polar surface area (TPSA) is 80.8 Å². The summed E-state index contributed by atoms with van der Waals surface area (Å²) in [5, 5.41) is 2.93. The van der Waals surface area contributed by atoms with E-state index in [0.29, 0.717) is 31.6 Å². The Balaban J connectivity index is 1.69. The van der Waals surface area contributed by atoms with E-state index in [4.69, 9.17) is 9.47 Å². The van der Waals surface area contributed by atoms with Crippen LogP contribution in [0, 0.1) is 0 Å². The lowest BCUT2D eigenvalue weighted by molar-refractivity contribution is 0.0855. The van der Waals surface area contributed by atoms with E-state index in [1.165, 1.54) is 7.11 Å². The molecule has 0 spiro atoms. The van der Waals surface area contributed by atoms with Crippen LogP contribution in [0.5, 0.6) is 0 Å². The minimum Gasteiger partial charge on any atom is -0.453 e. The second kappa shape index (κ2) is 6.95. The summed E-state index contributed by atoms with van der Waals surface area (Å²) in [5.41, 5.74) is 2.45. The normalized spacial score (nSPS) is 20.0. The van der Waals surface area contributed by atoms with Gasteiger partial charge in [0, 0.05) is 32.1 Å². The molecule has 2 amide bonds. The summed E-state index contributed by atoms with van der Waals surface area (Å²) in [7, 11) is 1.37. The Morgan fingerprint density at radius 2 is 2.35 bits per heavy atom. The first-order valence-corrected chi connectivity index (χ1v) is 7.87. The van der Waals surface area contributed by atoms with E-state index in [0.717, 1.165) is 30.6 Å². The van der Waals surface area contributed by atoms with Crippen molar-refractivity contribution >= 4 is 12.0 Å². The van der Waals surface area contributed by atoms with Crippen LogP contribution in [0.25, 0.3) is 0 Å². The van der Waals surface area contributed by atoms with Gasteiger partial charge in [-0.3, -0.25) is 9.78 Å². The predicted octanol–water partition coefficient (Wildman–Crippen LogP) is 1.11. The molecule has 1 aromatic heterocycles. The maximum atomic E-state index is 12.4. The lowest BCUT2D eigenvalue weighted by Crippen LogP contribution is -2.38. The first-order valence-electron chi connectivity index (χ1n) is 7.87. The highest BCUT2D eigenvalue weighted by Crippen LogP contribution is 2.22. The van der Waals surface area contributed by atoms with E-state index in [1.807, 2.05) is 0 Å². The minimum atomic E-state index is -0.358. The van der Waals surface area contributed by atoms with Crippen LogP contribution in [0.3, 0.4) is 0 Å². The van der Waals surface area contributed by atoms with E-state index >= 15 is 0 Å². The van der Waals surface area contributed by atoms with Gasteiger partial charge >= 0.3 is 6.09 Å². The molecule has 1 atom stereocenters. The molecule has 1 aromatic rings. The number of hydrogen-bond acceptors (Lipinski definition) is 5. The molecule has 7 heteroatoms. The number of hydrogen-bond donors (Lipinski definition) is 1. The van der Waals surface area contributed by atoms with Crippen molar-refractivity contribution in [1.29, 1.82) is 0 Å². The van der Waals surface area contributed by atoms with Crippen LogP contribution in [0.4, 0.5) is 4.79 Å². The average Bonchev–Trinajstić information content (AvgIpc) is 3.11. The Morgan fingerprint density at radius 3 is 3.09 bits per heavy atom. The fourth-order valence-electron chi connectivity index (χ4n) is 3.08. The monoisotopic (exact) mass is 319 g/mol. The van der Waals surface area contributed by atoms with E-state index in [9.17, 15) is 9.59 Å². The van der Waals surface area contributed by atoms with Gasteiger partial charge in [0.15, 0.2) is 0 Å². The van der Waals surface area contributed by atoms with Crippen molar-refractivity contribution in [2.45, 2.75) is 31.9 Å². The summed E-state index contributed by atoms with van der Waals surface area (Å²) in [5.74, 6) is -0.128. The molecule has 1 fully saturated rings. The van der Waals surface area contributed by atoms with Gasteiger partial charge in [-0.15, -0.1) is 0 Å². The van der Waals surface area contributed by atoms with Crippen LogP contribution < -0.4 is 5.32 Å². The lowest BCUT2D eigenvalue weighted by Gasteiger charge is -2.28. The van der Waals surface area contributed by atoms with Crippen LogP contribution in [-0.2, 0) is 22.4 Å². The number of amides is 2. The molecule has 0 saturated carbocycles. The molecular weight excluding hydrogens is 298 g/mol. The molecule has 124 valence electrons. The van der Waals surface area contributed by atoms with Gasteiger partial charge in [-0.25, -0.2) is 4.79 Å². The molecule has 0 radical (unpaired) electrons. The number of ether oxygens (including phenoxy) is 2. The Bertz CT molecular complexity index is 599. The number of methoxy groups -OCH3 is 1. The average molecular weight is 319 g/mol. The summed E-state index contributed by atoms with van der Waals surface area (Å²) >= 11 is 0. The Kier molecular flexibility index (Phi) is 4.76. The molecule has 2 aliphatic rings. The van der Waals surface area contributed by atoms with E-state index < -0.39 is 0 Å². The molecule has 1 saturated heterocycles. The number of pyridine rings is 1. The third-order valence-corrected chi connectivity index (χ3v) is 4.33. The first-order chi connectivity index (χ1) is 11.2. The largest absolute Gasteiger partial charge is 0.453 e. The van der Waals surface area contributed by atoms with Crippen molar-refractivity contribution in [1.82, 2.24) is 15.2 Å². The van der Waals surface area contributed by atoms with Crippen LogP contribution in [0.15, 0.2) is 12.4 Å². The van der Waals surface area contributed by atoms with Crippen molar-refractivity contribution < 1.29 is 19.1 Å². The number of rotatable bonds is 3. The standard InChI is InChI=1S/C16H21N3O4/c1-22-16(21)19-5-4-13-11(10-19)7-17-9-14(13)15(20)18-8-12-3-2-6-23-12/h7,9,12H,2-6,8,10H2,1H3,(H,18,20). The van der Waals surface area contributed by atoms with Crippen molar-refractivity contribution in [2.75, 3.05) is 26.8 Å². The second-order valence-electron chi connectivity index (χ2n) is 5.81. The van der Waals surface area contributed by atoms with Gasteiger partial charge in [0.2, 0.25) is 0 Å². The Morgan fingerprint density at radius 1 is 1.48 bits per heavy atom. The summed E-state index contributed by atoms with van der Waals surface area (Å²) in [4.78, 5) is 29.8. The predicted molar refractivity (Wildman–Crippen MR) is 82.1 cm³/mol. The highest BCUT2D eigenvalue weighted by atomic mass is 16.5. The minimum absolute atomic E-state index is 0.112. The molecular formula is C16H21N3O4. The maximum absolute atomic E-state index is 12.4. The molecule has 23 heavy (non-hydrogen) atoms. The molecule has 2 aliphatic heterocycles. The number of carbonyl (C=O) groups is 2. The zero-order valence-electron chi connectivity index (χ0n) is 13.2. The highest BCUT2D eigenvalue weighted by Gasteiger charge is 2.25. The maximum Gasteiger partial charge on any atom is 0.409 e. The van der Waals surface area contributed by atoms with Gasteiger partial charge in [0.05, 0.1) is 25.3 Å². The molecule has 3 rings (SSSR count). The highest BCUT2D eigenvalue weighted by molar-refractivity contribution is 5.95. The third-order valence-electron chi connectivity index (χ3n) is 4.33. The molecule has 1 unspecified atom stereocenters. The van der Waals surface area contributed by atoms with Crippen LogP contribution in [0.1, 0.15) is 34.3 Å². The van der Waals surface area contributed by atoms with E-state index in [1.54, 1.807) is 17.3 Å². The Labute approximate surface area is 135 Å². The van der Waals surface area contributed by atoms with Gasteiger partial charge in [-0.05, 0) is 30.4 Å². The van der Waals surface area contributed by atoms with Gasteiger partial charge in [0.25, 0.3) is 5.91 Å². The van der Waals surface area contributed by atoms with Crippen LogP contribution in [-0.4, -0.2) is 54.8 Å². The molecule has 0 aromatic carbocycles. The van der Waals surface area contributed by atoms with E-state index in [2.05, 4.69) is 10.3 Å². The SMILES string of the molecule is COC(=O)N1CCc2c(cncc2C(=O)NCC2CCCO2)C1. The zero-order chi connectivity index (χ0) is 16.2.